The van der Waals surface area contributed by atoms with E-state index in [-0.39, 0.29) is 17.3 Å². The molecule has 1 atom stereocenters. The van der Waals surface area contributed by atoms with Crippen molar-refractivity contribution in [2.24, 2.45) is 5.92 Å². The minimum Gasteiger partial charge on any atom is -0.497 e. The molecule has 0 saturated heterocycles. The van der Waals surface area contributed by atoms with Gasteiger partial charge in [0.05, 0.1) is 18.6 Å². The Morgan fingerprint density at radius 2 is 1.91 bits per heavy atom. The molecule has 0 radical (unpaired) electrons. The summed E-state index contributed by atoms with van der Waals surface area (Å²) >= 11 is 0. The van der Waals surface area contributed by atoms with Crippen LogP contribution in [0.5, 0.6) is 5.75 Å². The first kappa shape index (κ1) is 24.3. The van der Waals surface area contributed by atoms with Gasteiger partial charge in [0.2, 0.25) is 11.8 Å². The number of nitrogens with one attached hydrogen (secondary N) is 2. The first-order chi connectivity index (χ1) is 15.7. The van der Waals surface area contributed by atoms with Crippen LogP contribution < -0.4 is 14.8 Å². The van der Waals surface area contributed by atoms with Gasteiger partial charge in [-0.05, 0) is 55.3 Å². The summed E-state index contributed by atoms with van der Waals surface area (Å²) in [6, 6.07) is 12.9. The molecule has 0 aliphatic heterocycles. The second kappa shape index (κ2) is 10.5. The summed E-state index contributed by atoms with van der Waals surface area (Å²) in [6.07, 6.45) is 1.41. The molecular formula is C24H29N3O5S. The summed E-state index contributed by atoms with van der Waals surface area (Å²) in [5, 5.41) is 2.88. The molecule has 8 nitrogen and oxygen atoms in total. The molecular weight excluding hydrogens is 442 g/mol. The van der Waals surface area contributed by atoms with Crippen molar-refractivity contribution < 1.29 is 22.4 Å². The van der Waals surface area contributed by atoms with Crippen molar-refractivity contribution in [3.05, 3.63) is 60.0 Å². The van der Waals surface area contributed by atoms with E-state index < -0.39 is 10.0 Å². The van der Waals surface area contributed by atoms with E-state index in [1.54, 1.807) is 43.3 Å². The zero-order valence-electron chi connectivity index (χ0n) is 19.2. The van der Waals surface area contributed by atoms with E-state index in [0.29, 0.717) is 46.7 Å². The number of hydrogen-bond acceptors (Lipinski definition) is 6. The number of carbonyl (C=O) groups is 1. The molecule has 3 aromatic rings. The lowest BCUT2D eigenvalue weighted by molar-refractivity contribution is -0.122. The number of aryl methyl sites for hydroxylation is 1. The predicted octanol–water partition coefficient (Wildman–Crippen LogP) is 4.51. The molecule has 2 N–H and O–H groups in total. The second-order valence-electron chi connectivity index (χ2n) is 7.88. The van der Waals surface area contributed by atoms with Crippen LogP contribution in [-0.4, -0.2) is 26.4 Å². The Morgan fingerprint density at radius 1 is 1.18 bits per heavy atom. The molecule has 0 spiro atoms. The molecule has 0 saturated carbocycles. The lowest BCUT2D eigenvalue weighted by Gasteiger charge is -2.09. The molecule has 1 amide bonds. The van der Waals surface area contributed by atoms with Crippen LogP contribution in [-0.2, 0) is 21.4 Å². The van der Waals surface area contributed by atoms with Crippen molar-refractivity contribution in [2.75, 3.05) is 11.8 Å². The van der Waals surface area contributed by atoms with Crippen molar-refractivity contribution in [1.29, 1.82) is 0 Å². The van der Waals surface area contributed by atoms with Crippen LogP contribution in [0.3, 0.4) is 0 Å². The standard InChI is InChI=1S/C24H29N3O5S/c1-5-16(2)13-23(28)25-15-22-17(3)32-24(26-22)18-7-6-8-19(14-18)27-33(29,30)21-11-9-20(31-4)10-12-21/h6-12,14,16,27H,5,13,15H2,1-4H3,(H,25,28)/t16-/m0/s1. The summed E-state index contributed by atoms with van der Waals surface area (Å²) in [5.41, 5.74) is 1.62. The van der Waals surface area contributed by atoms with E-state index in [9.17, 15) is 13.2 Å². The maximum Gasteiger partial charge on any atom is 0.261 e. The third kappa shape index (κ3) is 6.35. The lowest BCUT2D eigenvalue weighted by Crippen LogP contribution is -2.24. The van der Waals surface area contributed by atoms with Gasteiger partial charge in [0.25, 0.3) is 10.0 Å². The highest BCUT2D eigenvalue weighted by molar-refractivity contribution is 7.92. The van der Waals surface area contributed by atoms with E-state index in [1.165, 1.54) is 19.2 Å². The summed E-state index contributed by atoms with van der Waals surface area (Å²) in [7, 11) is -2.26. The molecule has 0 aliphatic carbocycles. The fourth-order valence-electron chi connectivity index (χ4n) is 3.12. The van der Waals surface area contributed by atoms with Gasteiger partial charge in [-0.15, -0.1) is 0 Å². The fraction of sp³-hybridized carbons (Fsp3) is 0.333. The average Bonchev–Trinajstić information content (AvgIpc) is 3.18. The molecule has 33 heavy (non-hydrogen) atoms. The summed E-state index contributed by atoms with van der Waals surface area (Å²) in [4.78, 5) is 16.7. The van der Waals surface area contributed by atoms with Crippen molar-refractivity contribution in [3.63, 3.8) is 0 Å². The maximum atomic E-state index is 12.7. The van der Waals surface area contributed by atoms with E-state index >= 15 is 0 Å². The van der Waals surface area contributed by atoms with Gasteiger partial charge in [-0.3, -0.25) is 9.52 Å². The zero-order valence-corrected chi connectivity index (χ0v) is 20.0. The molecule has 176 valence electrons. The average molecular weight is 472 g/mol. The number of rotatable bonds is 10. The SMILES string of the molecule is CC[C@H](C)CC(=O)NCc1nc(-c2cccc(NS(=O)(=O)c3ccc(OC)cc3)c2)oc1C. The van der Waals surface area contributed by atoms with Crippen molar-refractivity contribution >= 4 is 21.6 Å². The Kier molecular flexibility index (Phi) is 7.75. The number of oxazole rings is 1. The van der Waals surface area contributed by atoms with Crippen molar-refractivity contribution in [1.82, 2.24) is 10.3 Å². The number of hydrogen-bond donors (Lipinski definition) is 2. The number of methoxy groups -OCH3 is 1. The number of anilines is 1. The molecule has 0 unspecified atom stereocenters. The van der Waals surface area contributed by atoms with Gasteiger partial charge in [0.15, 0.2) is 0 Å². The molecule has 0 fully saturated rings. The third-order valence-electron chi connectivity index (χ3n) is 5.31. The molecule has 1 aromatic heterocycles. The summed E-state index contributed by atoms with van der Waals surface area (Å²) < 4.78 is 38.9. The number of benzene rings is 2. The molecule has 2 aromatic carbocycles. The van der Waals surface area contributed by atoms with Gasteiger partial charge in [-0.2, -0.15) is 0 Å². The van der Waals surface area contributed by atoms with Gasteiger partial charge < -0.3 is 14.5 Å². The largest absolute Gasteiger partial charge is 0.497 e. The van der Waals surface area contributed by atoms with Crippen LogP contribution in [0.2, 0.25) is 0 Å². The molecule has 3 rings (SSSR count). The van der Waals surface area contributed by atoms with Crippen molar-refractivity contribution in [2.45, 2.75) is 45.1 Å². The molecule has 0 bridgehead atoms. The van der Waals surface area contributed by atoms with Gasteiger partial charge in [0.1, 0.15) is 17.2 Å². The number of nitrogens with zero attached hydrogens (tertiary/aromatic N) is 1. The Bertz CT molecular complexity index is 1200. The summed E-state index contributed by atoms with van der Waals surface area (Å²) in [6.45, 7) is 6.14. The quantitative estimate of drug-likeness (QED) is 0.450. The predicted molar refractivity (Wildman–Crippen MR) is 126 cm³/mol. The maximum absolute atomic E-state index is 12.7. The number of ether oxygens (including phenoxy) is 1. The molecule has 0 aliphatic rings. The van der Waals surface area contributed by atoms with Crippen LogP contribution in [0.25, 0.3) is 11.5 Å². The van der Waals surface area contributed by atoms with E-state index in [4.69, 9.17) is 9.15 Å². The van der Waals surface area contributed by atoms with Gasteiger partial charge >= 0.3 is 0 Å². The van der Waals surface area contributed by atoms with E-state index in [0.717, 1.165) is 6.42 Å². The highest BCUT2D eigenvalue weighted by Crippen LogP contribution is 2.26. The molecule has 9 heteroatoms. The Labute approximate surface area is 194 Å². The van der Waals surface area contributed by atoms with Crippen LogP contribution in [0.15, 0.2) is 57.8 Å². The van der Waals surface area contributed by atoms with Crippen LogP contribution in [0.4, 0.5) is 5.69 Å². The Morgan fingerprint density at radius 3 is 2.58 bits per heavy atom. The number of aromatic nitrogens is 1. The lowest BCUT2D eigenvalue weighted by atomic mass is 10.1. The smallest absolute Gasteiger partial charge is 0.261 e. The first-order valence-corrected chi connectivity index (χ1v) is 12.2. The molecule has 1 heterocycles. The monoisotopic (exact) mass is 471 g/mol. The normalized spacial score (nSPS) is 12.2. The highest BCUT2D eigenvalue weighted by atomic mass is 32.2. The van der Waals surface area contributed by atoms with Crippen LogP contribution in [0, 0.1) is 12.8 Å². The zero-order chi connectivity index (χ0) is 24.0. The van der Waals surface area contributed by atoms with E-state index in [2.05, 4.69) is 21.9 Å². The number of carbonyl (C=O) groups excluding carboxylic acids is 1. The first-order valence-electron chi connectivity index (χ1n) is 10.7. The number of sulfonamides is 1. The highest BCUT2D eigenvalue weighted by Gasteiger charge is 2.17. The topological polar surface area (TPSA) is 111 Å². The second-order valence-corrected chi connectivity index (χ2v) is 9.56. The third-order valence-corrected chi connectivity index (χ3v) is 6.71. The number of amides is 1. The van der Waals surface area contributed by atoms with E-state index in [1.807, 2.05) is 6.92 Å². The van der Waals surface area contributed by atoms with Crippen LogP contribution in [0.1, 0.15) is 38.1 Å². The van der Waals surface area contributed by atoms with Crippen LogP contribution >= 0.6 is 0 Å². The Hall–Kier alpha value is -3.33. The minimum atomic E-state index is -3.77. The van der Waals surface area contributed by atoms with Gasteiger partial charge in [0, 0.05) is 17.7 Å². The van der Waals surface area contributed by atoms with Gasteiger partial charge in [-0.1, -0.05) is 26.3 Å². The Balaban J connectivity index is 1.73. The fourth-order valence-corrected chi connectivity index (χ4v) is 4.16. The summed E-state index contributed by atoms with van der Waals surface area (Å²) in [5.74, 6) is 1.82. The van der Waals surface area contributed by atoms with Crippen molar-refractivity contribution in [3.8, 4) is 17.2 Å². The minimum absolute atomic E-state index is 0.0248. The van der Waals surface area contributed by atoms with Gasteiger partial charge in [-0.25, -0.2) is 13.4 Å².